The van der Waals surface area contributed by atoms with E-state index in [0.29, 0.717) is 0 Å². The molecule has 1 atom stereocenters. The third kappa shape index (κ3) is 2.89. The summed E-state index contributed by atoms with van der Waals surface area (Å²) >= 11 is 0. The fourth-order valence-electron chi connectivity index (χ4n) is 3.94. The molecule has 0 saturated heterocycles. The zero-order valence-corrected chi connectivity index (χ0v) is 12.9. The van der Waals surface area contributed by atoms with E-state index in [2.05, 4.69) is 61.5 Å². The van der Waals surface area contributed by atoms with E-state index in [1.54, 1.807) is 0 Å². The molecule has 2 aromatic carbocycles. The lowest BCUT2D eigenvalue weighted by molar-refractivity contribution is 0.347. The first-order valence-corrected chi connectivity index (χ1v) is 8.07. The predicted octanol–water partition coefficient (Wildman–Crippen LogP) is 4.38. The molecule has 1 nitrogen and oxygen atoms in total. The van der Waals surface area contributed by atoms with Gasteiger partial charge in [0, 0.05) is 11.5 Å². The highest BCUT2D eigenvalue weighted by molar-refractivity contribution is 5.31. The van der Waals surface area contributed by atoms with Gasteiger partial charge in [-0.2, -0.15) is 0 Å². The maximum absolute atomic E-state index is 6.73. The first-order valence-electron chi connectivity index (χ1n) is 8.07. The summed E-state index contributed by atoms with van der Waals surface area (Å²) < 4.78 is 0. The Kier molecular flexibility index (Phi) is 4.12. The lowest BCUT2D eigenvalue weighted by atomic mass is 9.71. The van der Waals surface area contributed by atoms with E-state index in [4.69, 9.17) is 5.73 Å². The number of hydrogen-bond acceptors (Lipinski definition) is 1. The van der Waals surface area contributed by atoms with Crippen molar-refractivity contribution in [2.24, 2.45) is 5.73 Å². The molecule has 1 unspecified atom stereocenters. The summed E-state index contributed by atoms with van der Waals surface area (Å²) in [4.78, 5) is 0. The van der Waals surface area contributed by atoms with Gasteiger partial charge in [-0.3, -0.25) is 0 Å². The lowest BCUT2D eigenvalue weighted by Gasteiger charge is -2.36. The second-order valence-electron chi connectivity index (χ2n) is 6.53. The molecule has 1 heteroatoms. The van der Waals surface area contributed by atoms with Crippen molar-refractivity contribution in [3.8, 4) is 0 Å². The van der Waals surface area contributed by atoms with Crippen LogP contribution in [0.5, 0.6) is 0 Å². The molecule has 21 heavy (non-hydrogen) atoms. The van der Waals surface area contributed by atoms with Crippen molar-refractivity contribution < 1.29 is 0 Å². The minimum Gasteiger partial charge on any atom is -0.327 e. The number of rotatable bonds is 4. The van der Waals surface area contributed by atoms with Crippen LogP contribution in [-0.2, 0) is 11.8 Å². The van der Waals surface area contributed by atoms with Gasteiger partial charge in [0.15, 0.2) is 0 Å². The van der Waals surface area contributed by atoms with Gasteiger partial charge in [0.05, 0.1) is 0 Å². The second kappa shape index (κ2) is 6.03. The van der Waals surface area contributed by atoms with Crippen LogP contribution in [0, 0.1) is 6.92 Å². The van der Waals surface area contributed by atoms with Crippen LogP contribution in [0.3, 0.4) is 0 Å². The quantitative estimate of drug-likeness (QED) is 0.883. The van der Waals surface area contributed by atoms with E-state index in [1.165, 1.54) is 42.4 Å². The van der Waals surface area contributed by atoms with E-state index >= 15 is 0 Å². The summed E-state index contributed by atoms with van der Waals surface area (Å²) in [6.45, 7) is 2.15. The highest BCUT2D eigenvalue weighted by Gasteiger charge is 2.40. The van der Waals surface area contributed by atoms with Crippen molar-refractivity contribution in [3.63, 3.8) is 0 Å². The van der Waals surface area contributed by atoms with Crippen molar-refractivity contribution in [2.45, 2.75) is 50.5 Å². The van der Waals surface area contributed by atoms with Gasteiger partial charge in [-0.25, -0.2) is 0 Å². The molecule has 0 spiro atoms. The SMILES string of the molecule is Cc1cccc(CC(N)C2(c3ccccc3)CCCC2)c1. The summed E-state index contributed by atoms with van der Waals surface area (Å²) in [5.74, 6) is 0. The summed E-state index contributed by atoms with van der Waals surface area (Å²) in [6.07, 6.45) is 6.03. The van der Waals surface area contributed by atoms with Gasteiger partial charge < -0.3 is 5.73 Å². The van der Waals surface area contributed by atoms with Crippen LogP contribution >= 0.6 is 0 Å². The zero-order valence-electron chi connectivity index (χ0n) is 12.9. The molecular formula is C20H25N. The fraction of sp³-hybridized carbons (Fsp3) is 0.400. The first-order chi connectivity index (χ1) is 10.2. The Morgan fingerprint density at radius 3 is 2.38 bits per heavy atom. The third-order valence-corrected chi connectivity index (χ3v) is 5.09. The highest BCUT2D eigenvalue weighted by atomic mass is 14.7. The van der Waals surface area contributed by atoms with Gasteiger partial charge >= 0.3 is 0 Å². The Morgan fingerprint density at radius 1 is 1.00 bits per heavy atom. The Labute approximate surface area is 128 Å². The van der Waals surface area contributed by atoms with E-state index in [0.717, 1.165) is 6.42 Å². The average molecular weight is 279 g/mol. The molecule has 0 heterocycles. The molecule has 0 aliphatic heterocycles. The number of benzene rings is 2. The topological polar surface area (TPSA) is 26.0 Å². The molecule has 1 aliphatic rings. The van der Waals surface area contributed by atoms with E-state index in [1.807, 2.05) is 0 Å². The van der Waals surface area contributed by atoms with Crippen molar-refractivity contribution in [1.29, 1.82) is 0 Å². The van der Waals surface area contributed by atoms with Gasteiger partial charge in [0.2, 0.25) is 0 Å². The van der Waals surface area contributed by atoms with E-state index in [-0.39, 0.29) is 11.5 Å². The molecule has 110 valence electrons. The van der Waals surface area contributed by atoms with Crippen molar-refractivity contribution in [1.82, 2.24) is 0 Å². The Morgan fingerprint density at radius 2 is 1.71 bits per heavy atom. The van der Waals surface area contributed by atoms with Crippen LogP contribution in [0.1, 0.15) is 42.4 Å². The van der Waals surface area contributed by atoms with Crippen molar-refractivity contribution >= 4 is 0 Å². The largest absolute Gasteiger partial charge is 0.327 e. The highest BCUT2D eigenvalue weighted by Crippen LogP contribution is 2.43. The van der Waals surface area contributed by atoms with Gasteiger partial charge in [0.1, 0.15) is 0 Å². The van der Waals surface area contributed by atoms with Crippen LogP contribution in [0.4, 0.5) is 0 Å². The molecule has 3 rings (SSSR count). The fourth-order valence-corrected chi connectivity index (χ4v) is 3.94. The van der Waals surface area contributed by atoms with Crippen molar-refractivity contribution in [2.75, 3.05) is 0 Å². The molecule has 2 N–H and O–H groups in total. The summed E-state index contributed by atoms with van der Waals surface area (Å²) in [5.41, 5.74) is 11.0. The number of hydrogen-bond donors (Lipinski definition) is 1. The van der Waals surface area contributed by atoms with Gasteiger partial charge in [0.25, 0.3) is 0 Å². The normalized spacial score (nSPS) is 18.6. The summed E-state index contributed by atoms with van der Waals surface area (Å²) in [5, 5.41) is 0. The van der Waals surface area contributed by atoms with Gasteiger partial charge in [-0.05, 0) is 37.3 Å². The Balaban J connectivity index is 1.87. The smallest absolute Gasteiger partial charge is 0.0177 e. The minimum absolute atomic E-state index is 0.172. The molecule has 0 radical (unpaired) electrons. The minimum atomic E-state index is 0.172. The van der Waals surface area contributed by atoms with Crippen LogP contribution in [0.2, 0.25) is 0 Å². The second-order valence-corrected chi connectivity index (χ2v) is 6.53. The standard InChI is InChI=1S/C20H25N/c1-16-8-7-9-17(14-16)15-19(21)20(12-5-6-13-20)18-10-3-2-4-11-18/h2-4,7-11,14,19H,5-6,12-13,15,21H2,1H3. The molecule has 0 aromatic heterocycles. The van der Waals surface area contributed by atoms with Crippen molar-refractivity contribution in [3.05, 3.63) is 71.3 Å². The number of aryl methyl sites for hydroxylation is 1. The maximum Gasteiger partial charge on any atom is 0.0177 e. The molecule has 1 saturated carbocycles. The third-order valence-electron chi connectivity index (χ3n) is 5.09. The maximum atomic E-state index is 6.73. The molecule has 0 bridgehead atoms. The average Bonchev–Trinajstić information content (AvgIpc) is 2.99. The molecule has 2 aromatic rings. The van der Waals surface area contributed by atoms with E-state index < -0.39 is 0 Å². The van der Waals surface area contributed by atoms with Crippen LogP contribution in [-0.4, -0.2) is 6.04 Å². The summed E-state index contributed by atoms with van der Waals surface area (Å²) in [6, 6.07) is 19.9. The van der Waals surface area contributed by atoms with E-state index in [9.17, 15) is 0 Å². The van der Waals surface area contributed by atoms with Crippen LogP contribution in [0.25, 0.3) is 0 Å². The van der Waals surface area contributed by atoms with Crippen LogP contribution < -0.4 is 5.73 Å². The lowest BCUT2D eigenvalue weighted by Crippen LogP contribution is -2.45. The molecule has 1 aliphatic carbocycles. The molecule has 0 amide bonds. The van der Waals surface area contributed by atoms with Gasteiger partial charge in [-0.15, -0.1) is 0 Å². The predicted molar refractivity (Wildman–Crippen MR) is 89.4 cm³/mol. The Bertz CT molecular complexity index is 582. The number of nitrogens with two attached hydrogens (primary N) is 1. The summed E-state index contributed by atoms with van der Waals surface area (Å²) in [7, 11) is 0. The molecule has 1 fully saturated rings. The van der Waals surface area contributed by atoms with Gasteiger partial charge in [-0.1, -0.05) is 73.0 Å². The monoisotopic (exact) mass is 279 g/mol. The Hall–Kier alpha value is -1.60. The first kappa shape index (κ1) is 14.3. The zero-order chi connectivity index (χ0) is 14.7. The van der Waals surface area contributed by atoms with Crippen LogP contribution in [0.15, 0.2) is 54.6 Å². The molecular weight excluding hydrogens is 254 g/mol.